The van der Waals surface area contributed by atoms with Gasteiger partial charge in [0.25, 0.3) is 0 Å². The van der Waals surface area contributed by atoms with E-state index in [4.69, 9.17) is 0 Å². The van der Waals surface area contributed by atoms with E-state index in [0.29, 0.717) is 17.8 Å². The minimum absolute atomic E-state index is 0.268. The van der Waals surface area contributed by atoms with E-state index in [1.807, 2.05) is 0 Å². The van der Waals surface area contributed by atoms with Crippen molar-refractivity contribution in [2.24, 2.45) is 23.7 Å². The number of allylic oxidation sites excluding steroid dienone is 2. The lowest BCUT2D eigenvalue weighted by Gasteiger charge is -2.18. The smallest absolute Gasteiger partial charge is 0.223 e. The van der Waals surface area contributed by atoms with Crippen molar-refractivity contribution in [2.75, 3.05) is 6.54 Å². The molecule has 0 radical (unpaired) electrons. The van der Waals surface area contributed by atoms with Crippen LogP contribution in [-0.4, -0.2) is 12.5 Å². The lowest BCUT2D eigenvalue weighted by Crippen LogP contribution is -2.35. The molecule has 0 aromatic carbocycles. The van der Waals surface area contributed by atoms with E-state index in [2.05, 4.69) is 31.3 Å². The van der Waals surface area contributed by atoms with Gasteiger partial charge in [0, 0.05) is 12.5 Å². The molecule has 2 rings (SSSR count). The molecule has 0 aromatic rings. The van der Waals surface area contributed by atoms with Crippen molar-refractivity contribution >= 4 is 5.91 Å². The molecular weight excluding hydrogens is 186 g/mol. The number of nitrogens with one attached hydrogen (secondary N) is 1. The van der Waals surface area contributed by atoms with Crippen LogP contribution in [0.15, 0.2) is 12.2 Å². The molecule has 1 saturated carbocycles. The molecule has 0 heterocycles. The summed E-state index contributed by atoms with van der Waals surface area (Å²) < 4.78 is 0. The fourth-order valence-corrected chi connectivity index (χ4v) is 2.63. The Hall–Kier alpha value is -0.790. The van der Waals surface area contributed by atoms with Gasteiger partial charge in [0.05, 0.1) is 0 Å². The number of hydrogen-bond acceptors (Lipinski definition) is 1. The number of fused-ring (bicyclic) bond motifs is 2. The van der Waals surface area contributed by atoms with Gasteiger partial charge in [0.15, 0.2) is 0 Å². The lowest BCUT2D eigenvalue weighted by atomic mass is 9.92. The number of carbonyl (C=O) groups excluding carboxylic acids is 1. The van der Waals surface area contributed by atoms with Gasteiger partial charge in [-0.1, -0.05) is 32.4 Å². The molecular formula is C13H21NO. The summed E-state index contributed by atoms with van der Waals surface area (Å²) in [5.41, 5.74) is 0. The van der Waals surface area contributed by atoms with Crippen LogP contribution in [0.1, 0.15) is 33.1 Å². The number of hydrogen-bond donors (Lipinski definition) is 1. The third-order valence-corrected chi connectivity index (χ3v) is 3.94. The van der Waals surface area contributed by atoms with Crippen LogP contribution in [-0.2, 0) is 4.79 Å². The van der Waals surface area contributed by atoms with Crippen molar-refractivity contribution in [3.05, 3.63) is 12.2 Å². The predicted octanol–water partition coefficient (Wildman–Crippen LogP) is 2.36. The van der Waals surface area contributed by atoms with Crippen LogP contribution in [0.5, 0.6) is 0 Å². The maximum absolute atomic E-state index is 11.9. The average molecular weight is 207 g/mol. The molecule has 1 amide bonds. The second-order valence-electron chi connectivity index (χ2n) is 5.15. The van der Waals surface area contributed by atoms with Crippen molar-refractivity contribution in [2.45, 2.75) is 33.1 Å². The maximum atomic E-state index is 11.9. The second-order valence-corrected chi connectivity index (χ2v) is 5.15. The summed E-state index contributed by atoms with van der Waals surface area (Å²) in [4.78, 5) is 11.9. The first-order valence-corrected chi connectivity index (χ1v) is 6.16. The van der Waals surface area contributed by atoms with E-state index < -0.39 is 0 Å². The van der Waals surface area contributed by atoms with Crippen LogP contribution in [0.25, 0.3) is 0 Å². The Bertz CT molecular complexity index is 272. The fraction of sp³-hybridized carbons (Fsp3) is 0.769. The first kappa shape index (κ1) is 10.7. The highest BCUT2D eigenvalue weighted by atomic mass is 16.1. The summed E-state index contributed by atoms with van der Waals surface area (Å²) in [6.45, 7) is 5.19. The topological polar surface area (TPSA) is 29.1 Å². The van der Waals surface area contributed by atoms with Gasteiger partial charge in [-0.25, -0.2) is 0 Å². The van der Waals surface area contributed by atoms with Crippen LogP contribution in [0.3, 0.4) is 0 Å². The summed E-state index contributed by atoms with van der Waals surface area (Å²) in [5, 5.41) is 3.09. The minimum atomic E-state index is 0.268. The van der Waals surface area contributed by atoms with Gasteiger partial charge in [-0.2, -0.15) is 0 Å². The van der Waals surface area contributed by atoms with Gasteiger partial charge in [-0.05, 0) is 30.6 Å². The molecule has 15 heavy (non-hydrogen) atoms. The molecule has 2 nitrogen and oxygen atoms in total. The van der Waals surface area contributed by atoms with Crippen molar-refractivity contribution in [3.8, 4) is 0 Å². The third kappa shape index (κ3) is 2.24. The molecule has 2 aliphatic carbocycles. The standard InChI is InChI=1S/C13H21NO/c1-3-9(2)8-14-13(15)12-7-10-4-5-11(12)6-10/h4-5,9-12H,3,6-8H2,1-2H3,(H,14,15). The largest absolute Gasteiger partial charge is 0.356 e. The lowest BCUT2D eigenvalue weighted by molar-refractivity contribution is -0.125. The van der Waals surface area contributed by atoms with E-state index in [0.717, 1.165) is 19.4 Å². The van der Waals surface area contributed by atoms with Gasteiger partial charge < -0.3 is 5.32 Å². The van der Waals surface area contributed by atoms with E-state index in [1.165, 1.54) is 6.42 Å². The van der Waals surface area contributed by atoms with Crippen LogP contribution >= 0.6 is 0 Å². The SMILES string of the molecule is CCC(C)CNC(=O)C1CC2C=CC1C2. The quantitative estimate of drug-likeness (QED) is 0.704. The van der Waals surface area contributed by atoms with Crippen LogP contribution in [0.4, 0.5) is 0 Å². The zero-order chi connectivity index (χ0) is 10.8. The van der Waals surface area contributed by atoms with Crippen molar-refractivity contribution < 1.29 is 4.79 Å². The average Bonchev–Trinajstić information content (AvgIpc) is 2.86. The highest BCUT2D eigenvalue weighted by molar-refractivity contribution is 5.79. The Morgan fingerprint density at radius 2 is 2.27 bits per heavy atom. The molecule has 84 valence electrons. The highest BCUT2D eigenvalue weighted by Gasteiger charge is 2.39. The van der Waals surface area contributed by atoms with E-state index in [1.54, 1.807) is 0 Å². The molecule has 2 heteroatoms. The fourth-order valence-electron chi connectivity index (χ4n) is 2.63. The normalized spacial score (nSPS) is 34.4. The summed E-state index contributed by atoms with van der Waals surface area (Å²) in [7, 11) is 0. The summed E-state index contributed by atoms with van der Waals surface area (Å²) >= 11 is 0. The first-order valence-electron chi connectivity index (χ1n) is 6.16. The van der Waals surface area contributed by atoms with Gasteiger partial charge in [0.2, 0.25) is 5.91 Å². The van der Waals surface area contributed by atoms with Crippen LogP contribution in [0, 0.1) is 23.7 Å². The molecule has 1 N–H and O–H groups in total. The minimum Gasteiger partial charge on any atom is -0.356 e. The monoisotopic (exact) mass is 207 g/mol. The van der Waals surface area contributed by atoms with Crippen LogP contribution in [0.2, 0.25) is 0 Å². The Labute approximate surface area is 92.1 Å². The molecule has 2 bridgehead atoms. The Balaban J connectivity index is 1.80. The summed E-state index contributed by atoms with van der Waals surface area (Å²) in [6.07, 6.45) is 7.94. The molecule has 0 saturated heterocycles. The van der Waals surface area contributed by atoms with E-state index >= 15 is 0 Å². The van der Waals surface area contributed by atoms with Gasteiger partial charge in [-0.15, -0.1) is 0 Å². The number of carbonyl (C=O) groups is 1. The highest BCUT2D eigenvalue weighted by Crippen LogP contribution is 2.43. The zero-order valence-electron chi connectivity index (χ0n) is 9.70. The van der Waals surface area contributed by atoms with Gasteiger partial charge in [-0.3, -0.25) is 4.79 Å². The molecule has 1 fully saturated rings. The predicted molar refractivity (Wildman–Crippen MR) is 61.3 cm³/mol. The van der Waals surface area contributed by atoms with Gasteiger partial charge >= 0.3 is 0 Å². The second kappa shape index (κ2) is 4.38. The Kier molecular flexibility index (Phi) is 3.13. The molecule has 0 spiro atoms. The number of rotatable bonds is 4. The van der Waals surface area contributed by atoms with E-state index in [9.17, 15) is 4.79 Å². The molecule has 4 atom stereocenters. The van der Waals surface area contributed by atoms with Crippen molar-refractivity contribution in [1.29, 1.82) is 0 Å². The Morgan fingerprint density at radius 3 is 2.80 bits per heavy atom. The van der Waals surface area contributed by atoms with E-state index in [-0.39, 0.29) is 11.8 Å². The summed E-state index contributed by atoms with van der Waals surface area (Å²) in [6, 6.07) is 0. The van der Waals surface area contributed by atoms with Crippen molar-refractivity contribution in [3.63, 3.8) is 0 Å². The first-order chi connectivity index (χ1) is 7.20. The molecule has 0 aromatic heterocycles. The molecule has 2 aliphatic rings. The zero-order valence-corrected chi connectivity index (χ0v) is 9.70. The maximum Gasteiger partial charge on any atom is 0.223 e. The van der Waals surface area contributed by atoms with Gasteiger partial charge in [0.1, 0.15) is 0 Å². The third-order valence-electron chi connectivity index (χ3n) is 3.94. The summed E-state index contributed by atoms with van der Waals surface area (Å²) in [5.74, 6) is 2.38. The molecule has 4 unspecified atom stereocenters. The molecule has 0 aliphatic heterocycles. The Morgan fingerprint density at radius 1 is 1.47 bits per heavy atom. The van der Waals surface area contributed by atoms with Crippen LogP contribution < -0.4 is 5.32 Å². The van der Waals surface area contributed by atoms with Crippen molar-refractivity contribution in [1.82, 2.24) is 5.32 Å². The number of amides is 1.